The summed E-state index contributed by atoms with van der Waals surface area (Å²) in [7, 11) is 1.81. The summed E-state index contributed by atoms with van der Waals surface area (Å²) in [4.78, 5) is 12.5. The summed E-state index contributed by atoms with van der Waals surface area (Å²) in [5.74, 6) is 0. The topological polar surface area (TPSA) is 32.3 Å². The molecule has 0 spiro atoms. The van der Waals surface area contributed by atoms with Gasteiger partial charge in [0.25, 0.3) is 0 Å². The molecule has 1 saturated heterocycles. The lowest BCUT2D eigenvalue weighted by atomic mass is 10.1. The normalized spacial score (nSPS) is 24.3. The van der Waals surface area contributed by atoms with Crippen LogP contribution in [0.2, 0.25) is 0 Å². The van der Waals surface area contributed by atoms with E-state index < -0.39 is 0 Å². The van der Waals surface area contributed by atoms with E-state index in [-0.39, 0.29) is 11.6 Å². The van der Waals surface area contributed by atoms with E-state index in [1.807, 2.05) is 20.9 Å². The second-order valence-corrected chi connectivity index (χ2v) is 3.03. The maximum absolute atomic E-state index is 10.8. The third-order valence-electron chi connectivity index (χ3n) is 1.88. The number of hydrogen-bond acceptors (Lipinski definition) is 1. The lowest BCUT2D eigenvalue weighted by Crippen LogP contribution is -2.38. The molecular formula is C6H12N2O. The van der Waals surface area contributed by atoms with E-state index in [0.29, 0.717) is 0 Å². The van der Waals surface area contributed by atoms with Gasteiger partial charge < -0.3 is 10.2 Å². The van der Waals surface area contributed by atoms with E-state index in [1.165, 1.54) is 0 Å². The summed E-state index contributed by atoms with van der Waals surface area (Å²) in [6, 6.07) is 0.0278. The zero-order chi connectivity index (χ0) is 7.07. The minimum absolute atomic E-state index is 0.00289. The van der Waals surface area contributed by atoms with Gasteiger partial charge in [-0.1, -0.05) is 0 Å². The van der Waals surface area contributed by atoms with Gasteiger partial charge in [0.15, 0.2) is 0 Å². The van der Waals surface area contributed by atoms with Crippen LogP contribution in [-0.2, 0) is 0 Å². The Morgan fingerprint density at radius 1 is 1.67 bits per heavy atom. The molecule has 1 heterocycles. The Labute approximate surface area is 55.0 Å². The highest BCUT2D eigenvalue weighted by Crippen LogP contribution is 2.15. The monoisotopic (exact) mass is 128 g/mol. The SMILES string of the molecule is CN1C(=O)NCC1(C)C. The number of nitrogens with zero attached hydrogens (tertiary/aromatic N) is 1. The zero-order valence-electron chi connectivity index (χ0n) is 6.06. The van der Waals surface area contributed by atoms with Crippen LogP contribution in [0.1, 0.15) is 13.8 Å². The third kappa shape index (κ3) is 0.866. The van der Waals surface area contributed by atoms with Crippen LogP contribution in [-0.4, -0.2) is 30.1 Å². The number of amides is 2. The third-order valence-corrected chi connectivity index (χ3v) is 1.88. The van der Waals surface area contributed by atoms with Crippen LogP contribution in [0, 0.1) is 0 Å². The standard InChI is InChI=1S/C6H12N2O/c1-6(2)4-7-5(9)8(6)3/h4H2,1-3H3,(H,7,9). The number of hydrogen-bond donors (Lipinski definition) is 1. The molecule has 0 aromatic carbocycles. The van der Waals surface area contributed by atoms with Gasteiger partial charge in [0, 0.05) is 13.6 Å². The van der Waals surface area contributed by atoms with Gasteiger partial charge in [0.05, 0.1) is 5.54 Å². The molecule has 0 aromatic rings. The minimum Gasteiger partial charge on any atom is -0.336 e. The van der Waals surface area contributed by atoms with E-state index in [2.05, 4.69) is 5.32 Å². The van der Waals surface area contributed by atoms with Gasteiger partial charge in [-0.3, -0.25) is 0 Å². The lowest BCUT2D eigenvalue weighted by molar-refractivity contribution is 0.197. The smallest absolute Gasteiger partial charge is 0.317 e. The zero-order valence-corrected chi connectivity index (χ0v) is 6.06. The molecule has 1 aliphatic heterocycles. The van der Waals surface area contributed by atoms with Crippen molar-refractivity contribution in [3.05, 3.63) is 0 Å². The van der Waals surface area contributed by atoms with Crippen LogP contribution in [0.5, 0.6) is 0 Å². The molecule has 52 valence electrons. The van der Waals surface area contributed by atoms with Crippen molar-refractivity contribution in [2.75, 3.05) is 13.6 Å². The summed E-state index contributed by atoms with van der Waals surface area (Å²) in [6.07, 6.45) is 0. The second kappa shape index (κ2) is 1.62. The molecule has 1 aliphatic rings. The van der Waals surface area contributed by atoms with Gasteiger partial charge >= 0.3 is 6.03 Å². The number of rotatable bonds is 0. The molecule has 1 fully saturated rings. The van der Waals surface area contributed by atoms with Crippen molar-refractivity contribution >= 4 is 6.03 Å². The van der Waals surface area contributed by atoms with Crippen molar-refractivity contribution in [1.29, 1.82) is 0 Å². The molecule has 9 heavy (non-hydrogen) atoms. The molecule has 0 radical (unpaired) electrons. The molecule has 0 atom stereocenters. The largest absolute Gasteiger partial charge is 0.336 e. The predicted octanol–water partition coefficient (Wildman–Crippen LogP) is 0.420. The van der Waals surface area contributed by atoms with Gasteiger partial charge in [-0.15, -0.1) is 0 Å². The Morgan fingerprint density at radius 3 is 2.33 bits per heavy atom. The first-order valence-electron chi connectivity index (χ1n) is 3.06. The molecule has 0 aromatic heterocycles. The van der Waals surface area contributed by atoms with Gasteiger partial charge in [-0.05, 0) is 13.8 Å². The summed E-state index contributed by atoms with van der Waals surface area (Å²) in [6.45, 7) is 4.82. The van der Waals surface area contributed by atoms with Gasteiger partial charge in [-0.2, -0.15) is 0 Å². The first kappa shape index (κ1) is 6.39. The molecular weight excluding hydrogens is 116 g/mol. The van der Waals surface area contributed by atoms with Crippen LogP contribution >= 0.6 is 0 Å². The maximum atomic E-state index is 10.8. The quantitative estimate of drug-likeness (QED) is 0.504. The molecule has 0 aliphatic carbocycles. The Bertz CT molecular complexity index is 142. The van der Waals surface area contributed by atoms with E-state index in [0.717, 1.165) is 6.54 Å². The molecule has 0 saturated carbocycles. The highest BCUT2D eigenvalue weighted by Gasteiger charge is 2.33. The second-order valence-electron chi connectivity index (χ2n) is 3.03. The van der Waals surface area contributed by atoms with Crippen molar-refractivity contribution in [2.24, 2.45) is 0 Å². The molecule has 0 unspecified atom stereocenters. The molecule has 3 nitrogen and oxygen atoms in total. The van der Waals surface area contributed by atoms with Crippen LogP contribution in [0.25, 0.3) is 0 Å². The van der Waals surface area contributed by atoms with E-state index in [4.69, 9.17) is 0 Å². The summed E-state index contributed by atoms with van der Waals surface area (Å²) in [5.41, 5.74) is -0.00289. The van der Waals surface area contributed by atoms with Crippen LogP contribution in [0.3, 0.4) is 0 Å². The minimum atomic E-state index is -0.00289. The Morgan fingerprint density at radius 2 is 2.22 bits per heavy atom. The summed E-state index contributed by atoms with van der Waals surface area (Å²) < 4.78 is 0. The van der Waals surface area contributed by atoms with Crippen molar-refractivity contribution in [1.82, 2.24) is 10.2 Å². The highest BCUT2D eigenvalue weighted by atomic mass is 16.2. The van der Waals surface area contributed by atoms with Crippen LogP contribution in [0.4, 0.5) is 4.79 Å². The highest BCUT2D eigenvalue weighted by molar-refractivity contribution is 5.77. The fourth-order valence-electron chi connectivity index (χ4n) is 0.804. The average Bonchev–Trinajstić information content (AvgIpc) is 1.97. The molecule has 3 heteroatoms. The number of nitrogens with one attached hydrogen (secondary N) is 1. The van der Waals surface area contributed by atoms with Crippen LogP contribution < -0.4 is 5.32 Å². The summed E-state index contributed by atoms with van der Waals surface area (Å²) in [5, 5.41) is 2.75. The maximum Gasteiger partial charge on any atom is 0.317 e. The fourth-order valence-corrected chi connectivity index (χ4v) is 0.804. The van der Waals surface area contributed by atoms with E-state index >= 15 is 0 Å². The Balaban J connectivity index is 2.73. The molecule has 1 rings (SSSR count). The first-order valence-corrected chi connectivity index (χ1v) is 3.06. The van der Waals surface area contributed by atoms with Crippen LogP contribution in [0.15, 0.2) is 0 Å². The average molecular weight is 128 g/mol. The van der Waals surface area contributed by atoms with Gasteiger partial charge in [-0.25, -0.2) is 4.79 Å². The van der Waals surface area contributed by atoms with Crippen molar-refractivity contribution in [3.63, 3.8) is 0 Å². The van der Waals surface area contributed by atoms with E-state index in [1.54, 1.807) is 4.90 Å². The predicted molar refractivity (Wildman–Crippen MR) is 35.2 cm³/mol. The number of likely N-dealkylation sites (N-methyl/N-ethyl adjacent to an activating group) is 1. The fraction of sp³-hybridized carbons (Fsp3) is 0.833. The number of carbonyl (C=O) groups is 1. The molecule has 0 bridgehead atoms. The summed E-state index contributed by atoms with van der Waals surface area (Å²) >= 11 is 0. The van der Waals surface area contributed by atoms with Crippen molar-refractivity contribution < 1.29 is 4.79 Å². The molecule has 2 amide bonds. The number of urea groups is 1. The Kier molecular flexibility index (Phi) is 1.15. The molecule has 1 N–H and O–H groups in total. The van der Waals surface area contributed by atoms with Crippen molar-refractivity contribution in [2.45, 2.75) is 19.4 Å². The van der Waals surface area contributed by atoms with Gasteiger partial charge in [0.1, 0.15) is 0 Å². The van der Waals surface area contributed by atoms with Crippen molar-refractivity contribution in [3.8, 4) is 0 Å². The van der Waals surface area contributed by atoms with Gasteiger partial charge in [0.2, 0.25) is 0 Å². The van der Waals surface area contributed by atoms with E-state index in [9.17, 15) is 4.79 Å². The number of carbonyl (C=O) groups excluding carboxylic acids is 1. The Hall–Kier alpha value is -0.730. The lowest BCUT2D eigenvalue weighted by Gasteiger charge is -2.24. The first-order chi connectivity index (χ1) is 4.04.